The molecule has 20 heavy (non-hydrogen) atoms. The van der Waals surface area contributed by atoms with Gasteiger partial charge >= 0.3 is 0 Å². The third-order valence-electron chi connectivity index (χ3n) is 3.10. The van der Waals surface area contributed by atoms with Crippen LogP contribution in [0.15, 0.2) is 60.9 Å². The topological polar surface area (TPSA) is 67.6 Å². The molecule has 0 spiro atoms. The Bertz CT molecular complexity index is 779. The number of hydrogen-bond donors (Lipinski definition) is 1. The number of para-hydroxylation sites is 1. The molecular weight excluding hydrogens is 248 g/mol. The van der Waals surface area contributed by atoms with E-state index in [4.69, 9.17) is 11.0 Å². The molecule has 3 rings (SSSR count). The molecule has 0 aliphatic carbocycles. The Labute approximate surface area is 116 Å². The molecule has 3 aromatic rings. The average molecular weight is 260 g/mol. The van der Waals surface area contributed by atoms with Gasteiger partial charge < -0.3 is 5.73 Å². The summed E-state index contributed by atoms with van der Waals surface area (Å²) in [5.41, 5.74) is 9.81. The van der Waals surface area contributed by atoms with Crippen LogP contribution in [0.2, 0.25) is 0 Å². The van der Waals surface area contributed by atoms with Crippen molar-refractivity contribution >= 4 is 5.69 Å². The van der Waals surface area contributed by atoms with E-state index >= 15 is 0 Å². The Morgan fingerprint density at radius 2 is 1.75 bits per heavy atom. The van der Waals surface area contributed by atoms with Gasteiger partial charge in [-0.1, -0.05) is 24.3 Å². The molecule has 0 saturated carbocycles. The Morgan fingerprint density at radius 3 is 2.50 bits per heavy atom. The Hall–Kier alpha value is -3.06. The van der Waals surface area contributed by atoms with Crippen LogP contribution in [0.4, 0.5) is 5.69 Å². The summed E-state index contributed by atoms with van der Waals surface area (Å²) in [7, 11) is 0. The van der Waals surface area contributed by atoms with Crippen molar-refractivity contribution in [1.29, 1.82) is 5.26 Å². The summed E-state index contributed by atoms with van der Waals surface area (Å²) in [4.78, 5) is 0. The van der Waals surface area contributed by atoms with Gasteiger partial charge in [0.05, 0.1) is 17.4 Å². The molecule has 0 unspecified atom stereocenters. The lowest BCUT2D eigenvalue weighted by Crippen LogP contribution is -1.96. The largest absolute Gasteiger partial charge is 0.399 e. The molecule has 96 valence electrons. The monoisotopic (exact) mass is 260 g/mol. The Balaban J connectivity index is 2.02. The lowest BCUT2D eigenvalue weighted by Gasteiger charge is -2.02. The zero-order chi connectivity index (χ0) is 13.9. The number of nitrogen functional groups attached to an aromatic ring is 1. The molecule has 0 amide bonds. The molecule has 1 aromatic heterocycles. The van der Waals surface area contributed by atoms with E-state index in [9.17, 15) is 0 Å². The first kappa shape index (κ1) is 12.0. The van der Waals surface area contributed by atoms with Crippen LogP contribution in [0.3, 0.4) is 0 Å². The van der Waals surface area contributed by atoms with E-state index in [0.29, 0.717) is 5.56 Å². The van der Waals surface area contributed by atoms with E-state index in [1.54, 1.807) is 16.9 Å². The molecule has 0 bridgehead atoms. The molecule has 4 heteroatoms. The van der Waals surface area contributed by atoms with Gasteiger partial charge in [0, 0.05) is 17.4 Å². The highest BCUT2D eigenvalue weighted by molar-refractivity contribution is 5.65. The van der Waals surface area contributed by atoms with Crippen molar-refractivity contribution in [2.24, 2.45) is 0 Å². The molecule has 0 radical (unpaired) electrons. The van der Waals surface area contributed by atoms with Gasteiger partial charge in [-0.05, 0) is 29.8 Å². The smallest absolute Gasteiger partial charge is 0.101 e. The highest BCUT2D eigenvalue weighted by Gasteiger charge is 2.06. The van der Waals surface area contributed by atoms with Gasteiger partial charge in [-0.15, -0.1) is 0 Å². The van der Waals surface area contributed by atoms with E-state index in [2.05, 4.69) is 11.2 Å². The van der Waals surface area contributed by atoms with E-state index in [1.807, 2.05) is 48.7 Å². The van der Waals surface area contributed by atoms with Crippen LogP contribution in [0.25, 0.3) is 16.8 Å². The number of benzene rings is 2. The maximum atomic E-state index is 9.13. The fourth-order valence-electron chi connectivity index (χ4n) is 2.05. The van der Waals surface area contributed by atoms with Crippen LogP contribution < -0.4 is 5.73 Å². The molecule has 2 N–H and O–H groups in total. The van der Waals surface area contributed by atoms with Gasteiger partial charge in [0.1, 0.15) is 6.07 Å². The molecule has 0 saturated heterocycles. The van der Waals surface area contributed by atoms with Crippen molar-refractivity contribution in [3.8, 4) is 22.9 Å². The van der Waals surface area contributed by atoms with Crippen molar-refractivity contribution in [2.45, 2.75) is 0 Å². The first-order valence-corrected chi connectivity index (χ1v) is 6.18. The third-order valence-corrected chi connectivity index (χ3v) is 3.10. The maximum absolute atomic E-state index is 9.13. The molecule has 0 aliphatic rings. The number of nitrogens with zero attached hydrogens (tertiary/aromatic N) is 3. The zero-order valence-electron chi connectivity index (χ0n) is 10.7. The molecule has 0 fully saturated rings. The average Bonchev–Trinajstić information content (AvgIpc) is 2.97. The van der Waals surface area contributed by atoms with Crippen LogP contribution >= 0.6 is 0 Å². The molecule has 2 aromatic carbocycles. The minimum absolute atomic E-state index is 0.597. The molecule has 1 heterocycles. The van der Waals surface area contributed by atoms with Gasteiger partial charge in [-0.3, -0.25) is 0 Å². The maximum Gasteiger partial charge on any atom is 0.101 e. The second-order valence-corrected chi connectivity index (χ2v) is 4.42. The highest BCUT2D eigenvalue weighted by atomic mass is 15.3. The predicted molar refractivity (Wildman–Crippen MR) is 78.1 cm³/mol. The first-order chi connectivity index (χ1) is 9.78. The quantitative estimate of drug-likeness (QED) is 0.720. The lowest BCUT2D eigenvalue weighted by molar-refractivity contribution is 0.877. The fraction of sp³-hybridized carbons (Fsp3) is 0. The minimum atomic E-state index is 0.597. The summed E-state index contributed by atoms with van der Waals surface area (Å²) >= 11 is 0. The number of aromatic nitrogens is 2. The van der Waals surface area contributed by atoms with Crippen molar-refractivity contribution < 1.29 is 0 Å². The molecule has 0 aliphatic heterocycles. The van der Waals surface area contributed by atoms with Gasteiger partial charge in [0.2, 0.25) is 0 Å². The van der Waals surface area contributed by atoms with Crippen molar-refractivity contribution in [3.05, 3.63) is 66.5 Å². The van der Waals surface area contributed by atoms with Gasteiger partial charge in [-0.2, -0.15) is 10.4 Å². The summed E-state index contributed by atoms with van der Waals surface area (Å²) in [6, 6.07) is 17.2. The third kappa shape index (κ3) is 2.13. The standard InChI is InChI=1S/C16H12N4/c17-9-13-3-1-2-4-16(13)20-11-14(10-19-20)12-5-7-15(18)8-6-12/h1-8,10-11H,18H2. The Kier molecular flexibility index (Phi) is 2.94. The van der Waals surface area contributed by atoms with Crippen LogP contribution in [-0.4, -0.2) is 9.78 Å². The normalized spacial score (nSPS) is 10.2. The van der Waals surface area contributed by atoms with Crippen LogP contribution in [0, 0.1) is 11.3 Å². The fourth-order valence-corrected chi connectivity index (χ4v) is 2.05. The number of rotatable bonds is 2. The Morgan fingerprint density at radius 1 is 1.00 bits per heavy atom. The second kappa shape index (κ2) is 4.90. The van der Waals surface area contributed by atoms with Gasteiger partial charge in [0.15, 0.2) is 0 Å². The first-order valence-electron chi connectivity index (χ1n) is 6.18. The van der Waals surface area contributed by atoms with E-state index < -0.39 is 0 Å². The van der Waals surface area contributed by atoms with Crippen LogP contribution in [0.1, 0.15) is 5.56 Å². The molecule has 0 atom stereocenters. The van der Waals surface area contributed by atoms with E-state index in [0.717, 1.165) is 22.5 Å². The SMILES string of the molecule is N#Cc1ccccc1-n1cc(-c2ccc(N)cc2)cn1. The number of hydrogen-bond acceptors (Lipinski definition) is 3. The van der Waals surface area contributed by atoms with Crippen molar-refractivity contribution in [3.63, 3.8) is 0 Å². The number of nitrogens with two attached hydrogens (primary N) is 1. The predicted octanol–water partition coefficient (Wildman–Crippen LogP) is 2.99. The summed E-state index contributed by atoms with van der Waals surface area (Å²) in [6.07, 6.45) is 3.68. The lowest BCUT2D eigenvalue weighted by atomic mass is 10.1. The van der Waals surface area contributed by atoms with E-state index in [-0.39, 0.29) is 0 Å². The van der Waals surface area contributed by atoms with E-state index in [1.165, 1.54) is 0 Å². The van der Waals surface area contributed by atoms with Crippen LogP contribution in [-0.2, 0) is 0 Å². The summed E-state index contributed by atoms with van der Waals surface area (Å²) < 4.78 is 1.71. The summed E-state index contributed by atoms with van der Waals surface area (Å²) in [5, 5.41) is 13.5. The van der Waals surface area contributed by atoms with Crippen LogP contribution in [0.5, 0.6) is 0 Å². The molecular formula is C16H12N4. The summed E-state index contributed by atoms with van der Waals surface area (Å²) in [6.45, 7) is 0. The highest BCUT2D eigenvalue weighted by Crippen LogP contribution is 2.22. The van der Waals surface area contributed by atoms with Crippen molar-refractivity contribution in [1.82, 2.24) is 9.78 Å². The van der Waals surface area contributed by atoms with Gasteiger partial charge in [0.25, 0.3) is 0 Å². The van der Waals surface area contributed by atoms with Crippen molar-refractivity contribution in [2.75, 3.05) is 5.73 Å². The summed E-state index contributed by atoms with van der Waals surface area (Å²) in [5.74, 6) is 0. The minimum Gasteiger partial charge on any atom is -0.399 e. The second-order valence-electron chi connectivity index (χ2n) is 4.42. The zero-order valence-corrected chi connectivity index (χ0v) is 10.7. The molecule has 4 nitrogen and oxygen atoms in total. The number of nitriles is 1. The number of anilines is 1. The van der Waals surface area contributed by atoms with Gasteiger partial charge in [-0.25, -0.2) is 4.68 Å².